The zero-order valence-electron chi connectivity index (χ0n) is 14.6. The fourth-order valence-corrected chi connectivity index (χ4v) is 2.92. The molecule has 1 aliphatic rings. The van der Waals surface area contributed by atoms with E-state index in [0.29, 0.717) is 18.5 Å². The van der Waals surface area contributed by atoms with Crippen LogP contribution in [0.4, 0.5) is 0 Å². The molecule has 0 spiro atoms. The normalized spacial score (nSPS) is 17.2. The minimum Gasteiger partial charge on any atom is -0.355 e. The summed E-state index contributed by atoms with van der Waals surface area (Å²) in [5.41, 5.74) is 0. The molecule has 1 atom stereocenters. The van der Waals surface area contributed by atoms with Crippen molar-refractivity contribution in [3.8, 4) is 0 Å². The summed E-state index contributed by atoms with van der Waals surface area (Å²) < 4.78 is 1.77. The monoisotopic (exact) mass is 435 g/mol. The van der Waals surface area contributed by atoms with Crippen LogP contribution in [-0.4, -0.2) is 58.3 Å². The summed E-state index contributed by atoms with van der Waals surface area (Å²) in [6.45, 7) is 8.55. The van der Waals surface area contributed by atoms with Crippen LogP contribution in [0.5, 0.6) is 0 Å². The Morgan fingerprint density at radius 1 is 1.30 bits per heavy atom. The molecule has 8 heteroatoms. The van der Waals surface area contributed by atoms with Gasteiger partial charge in [0.25, 0.3) is 0 Å². The number of nitrogens with zero attached hydrogens (tertiary/aromatic N) is 5. The molecule has 0 saturated carbocycles. The molecule has 7 nitrogen and oxygen atoms in total. The Hall–Kier alpha value is -0.900. The predicted octanol–water partition coefficient (Wildman–Crippen LogP) is 1.22. The lowest BCUT2D eigenvalue weighted by Crippen LogP contribution is -2.48. The molecule has 1 aromatic heterocycles. The summed E-state index contributed by atoms with van der Waals surface area (Å²) >= 11 is 0. The number of hydrogen-bond donors (Lipinski definition) is 2. The third-order valence-corrected chi connectivity index (χ3v) is 4.30. The maximum absolute atomic E-state index is 4.29. The van der Waals surface area contributed by atoms with Crippen LogP contribution in [0.2, 0.25) is 0 Å². The van der Waals surface area contributed by atoms with Crippen LogP contribution in [0.25, 0.3) is 0 Å². The Labute approximate surface area is 156 Å². The molecule has 2 N–H and O–H groups in total. The van der Waals surface area contributed by atoms with Crippen molar-refractivity contribution in [2.45, 2.75) is 39.3 Å². The van der Waals surface area contributed by atoms with E-state index >= 15 is 0 Å². The van der Waals surface area contributed by atoms with Gasteiger partial charge in [-0.1, -0.05) is 13.8 Å². The molecule has 0 radical (unpaired) electrons. The number of nitrogens with one attached hydrogen (secondary N) is 2. The van der Waals surface area contributed by atoms with E-state index in [0.717, 1.165) is 18.3 Å². The molecule has 1 unspecified atom stereocenters. The third-order valence-electron chi connectivity index (χ3n) is 4.30. The molecule has 1 fully saturated rings. The first kappa shape index (κ1) is 20.1. The largest absolute Gasteiger partial charge is 0.355 e. The quantitative estimate of drug-likeness (QED) is 0.400. The van der Waals surface area contributed by atoms with Gasteiger partial charge in [0.2, 0.25) is 0 Å². The highest BCUT2D eigenvalue weighted by molar-refractivity contribution is 14.0. The maximum Gasteiger partial charge on any atom is 0.191 e. The Morgan fingerprint density at radius 2 is 2.00 bits per heavy atom. The minimum absolute atomic E-state index is 0. The second-order valence-electron chi connectivity index (χ2n) is 6.16. The minimum atomic E-state index is 0. The van der Waals surface area contributed by atoms with Crippen molar-refractivity contribution >= 4 is 29.9 Å². The van der Waals surface area contributed by atoms with Gasteiger partial charge in [-0.25, -0.2) is 4.98 Å². The van der Waals surface area contributed by atoms with Crippen molar-refractivity contribution in [2.75, 3.05) is 26.7 Å². The number of rotatable bonds is 6. The summed E-state index contributed by atoms with van der Waals surface area (Å²) in [5, 5.41) is 10.8. The van der Waals surface area contributed by atoms with E-state index < -0.39 is 0 Å². The highest BCUT2D eigenvalue weighted by Gasteiger charge is 2.24. The summed E-state index contributed by atoms with van der Waals surface area (Å²) in [6.07, 6.45) is 4.21. The summed E-state index contributed by atoms with van der Waals surface area (Å²) in [5.74, 6) is 2.33. The molecule has 0 aromatic carbocycles. The second kappa shape index (κ2) is 10.1. The van der Waals surface area contributed by atoms with E-state index in [1.54, 1.807) is 18.1 Å². The van der Waals surface area contributed by atoms with Crippen LogP contribution >= 0.6 is 24.0 Å². The lowest BCUT2D eigenvalue weighted by Gasteiger charge is -2.31. The van der Waals surface area contributed by atoms with Crippen LogP contribution in [0.15, 0.2) is 11.3 Å². The number of halogens is 1. The van der Waals surface area contributed by atoms with Crippen molar-refractivity contribution < 1.29 is 0 Å². The first-order chi connectivity index (χ1) is 10.6. The molecular formula is C15H30IN7. The fraction of sp³-hybridized carbons (Fsp3) is 0.800. The molecule has 0 amide bonds. The van der Waals surface area contributed by atoms with Crippen LogP contribution in [0.1, 0.15) is 32.5 Å². The second-order valence-corrected chi connectivity index (χ2v) is 6.16. The van der Waals surface area contributed by atoms with Crippen molar-refractivity contribution in [2.24, 2.45) is 18.0 Å². The van der Waals surface area contributed by atoms with Gasteiger partial charge in [0.15, 0.2) is 5.96 Å². The number of hydrogen-bond acceptors (Lipinski definition) is 4. The number of likely N-dealkylation sites (tertiary alicyclic amines) is 1. The molecule has 1 saturated heterocycles. The van der Waals surface area contributed by atoms with Gasteiger partial charge < -0.3 is 10.6 Å². The van der Waals surface area contributed by atoms with E-state index in [2.05, 4.69) is 44.5 Å². The highest BCUT2D eigenvalue weighted by Crippen LogP contribution is 2.17. The standard InChI is InChI=1S/C15H29N7.HI/c1-12(2)13(22-7-5-6-8-22)9-17-15(16-3)18-10-14-19-11-20-21(14)4;/h11-13H,5-10H2,1-4H3,(H2,16,17,18);1H. The van der Waals surface area contributed by atoms with Gasteiger partial charge in [-0.2, -0.15) is 5.10 Å². The van der Waals surface area contributed by atoms with Gasteiger partial charge in [-0.05, 0) is 31.8 Å². The number of guanidine groups is 1. The van der Waals surface area contributed by atoms with Gasteiger partial charge in [-0.15, -0.1) is 24.0 Å². The lowest BCUT2D eigenvalue weighted by molar-refractivity contribution is 0.192. The molecule has 132 valence electrons. The molecule has 0 aliphatic carbocycles. The Balaban J connectivity index is 0.00000264. The topological polar surface area (TPSA) is 70.4 Å². The van der Waals surface area contributed by atoms with Crippen LogP contribution in [-0.2, 0) is 13.6 Å². The number of aryl methyl sites for hydroxylation is 1. The first-order valence-corrected chi connectivity index (χ1v) is 8.13. The summed E-state index contributed by atoms with van der Waals surface area (Å²) in [7, 11) is 3.69. The Bertz CT molecular complexity index is 480. The van der Waals surface area contributed by atoms with E-state index in [-0.39, 0.29) is 24.0 Å². The zero-order chi connectivity index (χ0) is 15.9. The average molecular weight is 435 g/mol. The molecule has 1 aliphatic heterocycles. The molecular weight excluding hydrogens is 405 g/mol. The SMILES string of the molecule is CN=C(NCc1ncnn1C)NCC(C(C)C)N1CCCC1.I. The van der Waals surface area contributed by atoms with E-state index in [1.807, 2.05) is 7.05 Å². The summed E-state index contributed by atoms with van der Waals surface area (Å²) in [6, 6.07) is 0.552. The Morgan fingerprint density at radius 3 is 2.52 bits per heavy atom. The van der Waals surface area contributed by atoms with Crippen molar-refractivity contribution in [1.82, 2.24) is 30.3 Å². The highest BCUT2D eigenvalue weighted by atomic mass is 127. The summed E-state index contributed by atoms with van der Waals surface area (Å²) in [4.78, 5) is 11.1. The average Bonchev–Trinajstić information content (AvgIpc) is 3.14. The number of aliphatic imine (C=N–C) groups is 1. The van der Waals surface area contributed by atoms with Gasteiger partial charge in [-0.3, -0.25) is 14.6 Å². The van der Waals surface area contributed by atoms with Crippen LogP contribution < -0.4 is 10.6 Å². The predicted molar refractivity (Wildman–Crippen MR) is 104 cm³/mol. The van der Waals surface area contributed by atoms with Crippen LogP contribution in [0, 0.1) is 5.92 Å². The molecule has 23 heavy (non-hydrogen) atoms. The van der Waals surface area contributed by atoms with Gasteiger partial charge in [0.05, 0.1) is 6.54 Å². The van der Waals surface area contributed by atoms with Gasteiger partial charge in [0.1, 0.15) is 12.2 Å². The van der Waals surface area contributed by atoms with E-state index in [1.165, 1.54) is 25.9 Å². The molecule has 2 heterocycles. The molecule has 1 aromatic rings. The Kier molecular flexibility index (Phi) is 8.82. The third kappa shape index (κ3) is 5.91. The smallest absolute Gasteiger partial charge is 0.191 e. The zero-order valence-corrected chi connectivity index (χ0v) is 16.9. The van der Waals surface area contributed by atoms with E-state index in [4.69, 9.17) is 0 Å². The van der Waals surface area contributed by atoms with Crippen molar-refractivity contribution in [3.05, 3.63) is 12.2 Å². The van der Waals surface area contributed by atoms with Crippen molar-refractivity contribution in [1.29, 1.82) is 0 Å². The lowest BCUT2D eigenvalue weighted by atomic mass is 10.0. The van der Waals surface area contributed by atoms with Gasteiger partial charge in [0, 0.05) is 26.7 Å². The fourth-order valence-electron chi connectivity index (χ4n) is 2.92. The molecule has 0 bridgehead atoms. The maximum atomic E-state index is 4.29. The number of aromatic nitrogens is 3. The van der Waals surface area contributed by atoms with Gasteiger partial charge >= 0.3 is 0 Å². The first-order valence-electron chi connectivity index (χ1n) is 8.13. The van der Waals surface area contributed by atoms with Crippen molar-refractivity contribution in [3.63, 3.8) is 0 Å². The van der Waals surface area contributed by atoms with Crippen LogP contribution in [0.3, 0.4) is 0 Å². The molecule has 2 rings (SSSR count). The van der Waals surface area contributed by atoms with E-state index in [9.17, 15) is 0 Å².